The largest absolute Gasteiger partial charge is 0.490 e. The minimum atomic E-state index is -0.515. The average molecular weight is 731 g/mol. The molecule has 0 unspecified atom stereocenters. The van der Waals surface area contributed by atoms with Crippen LogP contribution >= 0.6 is 0 Å². The summed E-state index contributed by atoms with van der Waals surface area (Å²) in [5.41, 5.74) is 8.33. The number of fused-ring (bicyclic) bond motifs is 4. The zero-order valence-corrected chi connectivity index (χ0v) is 33.1. The molecular formula is C46H54N2O6. The van der Waals surface area contributed by atoms with Crippen molar-refractivity contribution >= 4 is 11.8 Å². The average Bonchev–Trinajstić information content (AvgIpc) is 3.87. The van der Waals surface area contributed by atoms with E-state index in [1.165, 1.54) is 11.1 Å². The Morgan fingerprint density at radius 1 is 0.519 bits per heavy atom. The molecule has 284 valence electrons. The lowest BCUT2D eigenvalue weighted by Crippen LogP contribution is -2.39. The van der Waals surface area contributed by atoms with Crippen LogP contribution in [-0.2, 0) is 14.9 Å². The first kappa shape index (κ1) is 37.3. The standard InChI is InChI=1S/C46H54N2O6/c1-9-46(10-2)43-47-39(27-53-43)33-11-15-37(16-12-33)49-19-21-51-41-29(3)23-35(24-30(41)4)45(7,8)36-25-31(5)42(32(6)26-36)52-22-20-50-38-17-13-34(14-18-38)40-28-54-44(46)48-40/h11-18,23-26,39-40H,9-10,19-22,27-28H2,1-8H3/t39-,40-/m0/s1. The van der Waals surface area contributed by atoms with Crippen molar-refractivity contribution in [1.82, 2.24) is 0 Å². The van der Waals surface area contributed by atoms with Crippen molar-refractivity contribution in [2.24, 2.45) is 15.4 Å². The third kappa shape index (κ3) is 7.27. The van der Waals surface area contributed by atoms with Crippen LogP contribution in [0.4, 0.5) is 0 Å². The molecule has 0 aliphatic carbocycles. The summed E-state index contributed by atoms with van der Waals surface area (Å²) >= 11 is 0. The first-order valence-electron chi connectivity index (χ1n) is 19.4. The lowest BCUT2D eigenvalue weighted by atomic mass is 9.76. The normalized spacial score (nSPS) is 20.6. The summed E-state index contributed by atoms with van der Waals surface area (Å²) in [6, 6.07) is 25.1. The molecular weight excluding hydrogens is 677 g/mol. The van der Waals surface area contributed by atoms with Gasteiger partial charge in [-0.3, -0.25) is 0 Å². The van der Waals surface area contributed by atoms with Crippen molar-refractivity contribution in [2.75, 3.05) is 39.6 Å². The van der Waals surface area contributed by atoms with Gasteiger partial charge in [0.15, 0.2) is 11.8 Å². The molecule has 0 radical (unpaired) electrons. The Balaban J connectivity index is 1.16. The zero-order valence-electron chi connectivity index (χ0n) is 33.1. The van der Waals surface area contributed by atoms with Crippen molar-refractivity contribution < 1.29 is 28.4 Å². The van der Waals surface area contributed by atoms with Crippen molar-refractivity contribution in [3.63, 3.8) is 0 Å². The number of hydrogen-bond acceptors (Lipinski definition) is 8. The molecule has 4 aromatic rings. The molecule has 0 amide bonds. The molecule has 0 spiro atoms. The maximum absolute atomic E-state index is 6.33. The Labute approximate surface area is 320 Å². The fraction of sp³-hybridized carbons (Fsp3) is 0.435. The maximum atomic E-state index is 6.33. The van der Waals surface area contributed by atoms with Crippen LogP contribution in [0.15, 0.2) is 82.8 Å². The highest BCUT2D eigenvalue weighted by molar-refractivity contribution is 6.06. The van der Waals surface area contributed by atoms with Crippen molar-refractivity contribution in [3.8, 4) is 23.0 Å². The van der Waals surface area contributed by atoms with Crippen LogP contribution in [0.25, 0.3) is 0 Å². The minimum Gasteiger partial charge on any atom is -0.490 e. The van der Waals surface area contributed by atoms with Crippen molar-refractivity contribution in [2.45, 2.75) is 85.7 Å². The predicted molar refractivity (Wildman–Crippen MR) is 214 cm³/mol. The van der Waals surface area contributed by atoms with E-state index in [9.17, 15) is 0 Å². The van der Waals surface area contributed by atoms with Crippen LogP contribution in [-0.4, -0.2) is 51.4 Å². The summed E-state index contributed by atoms with van der Waals surface area (Å²) in [7, 11) is 0. The monoisotopic (exact) mass is 730 g/mol. The van der Waals surface area contributed by atoms with Gasteiger partial charge >= 0.3 is 0 Å². The van der Waals surface area contributed by atoms with Gasteiger partial charge in [-0.1, -0.05) is 76.2 Å². The number of benzene rings is 4. The van der Waals surface area contributed by atoms with Crippen LogP contribution in [0.2, 0.25) is 0 Å². The molecule has 4 aromatic carbocycles. The van der Waals surface area contributed by atoms with Crippen LogP contribution in [0.5, 0.6) is 23.0 Å². The molecule has 8 nitrogen and oxygen atoms in total. The Bertz CT molecular complexity index is 1840. The summed E-state index contributed by atoms with van der Waals surface area (Å²) in [6.45, 7) is 20.0. The summed E-state index contributed by atoms with van der Waals surface area (Å²) in [6.07, 6.45) is 1.54. The smallest absolute Gasteiger partial charge is 0.199 e. The first-order valence-corrected chi connectivity index (χ1v) is 19.4. The Morgan fingerprint density at radius 3 is 1.22 bits per heavy atom. The van der Waals surface area contributed by atoms with E-state index in [0.717, 1.165) is 69.2 Å². The Morgan fingerprint density at radius 2 is 0.870 bits per heavy atom. The third-order valence-electron chi connectivity index (χ3n) is 11.4. The van der Waals surface area contributed by atoms with E-state index in [4.69, 9.17) is 38.4 Å². The van der Waals surface area contributed by atoms with E-state index in [-0.39, 0.29) is 17.5 Å². The zero-order chi connectivity index (χ0) is 38.0. The van der Waals surface area contributed by atoms with Crippen LogP contribution in [0.1, 0.15) is 97.1 Å². The fourth-order valence-electron chi connectivity index (χ4n) is 7.98. The van der Waals surface area contributed by atoms with Gasteiger partial charge in [-0.05, 0) is 109 Å². The highest BCUT2D eigenvalue weighted by Crippen LogP contribution is 2.42. The predicted octanol–water partition coefficient (Wildman–Crippen LogP) is 9.92. The lowest BCUT2D eigenvalue weighted by molar-refractivity contribution is 0.215. The van der Waals surface area contributed by atoms with Gasteiger partial charge in [-0.2, -0.15) is 0 Å². The van der Waals surface area contributed by atoms with E-state index in [1.54, 1.807) is 0 Å². The van der Waals surface area contributed by atoms with Crippen LogP contribution in [0.3, 0.4) is 0 Å². The highest BCUT2D eigenvalue weighted by atomic mass is 16.5. The number of nitrogens with zero attached hydrogens (tertiary/aromatic N) is 2. The summed E-state index contributed by atoms with van der Waals surface area (Å²) in [4.78, 5) is 10.2. The second kappa shape index (κ2) is 15.4. The highest BCUT2D eigenvalue weighted by Gasteiger charge is 2.46. The SMILES string of the molecule is CCC1(CC)C2=N[C@@H](CO2)c2ccc(cc2)OCCOc2c(C)cc(cc2C)C(C)(C)c2cc(C)c(c(C)c2)OCCOc2ccc(cc2)[C@@H]2COC1=N2. The maximum Gasteiger partial charge on any atom is 0.199 e. The molecule has 0 saturated carbocycles. The summed E-state index contributed by atoms with van der Waals surface area (Å²) < 4.78 is 37.5. The van der Waals surface area contributed by atoms with Gasteiger partial charge in [-0.15, -0.1) is 0 Å². The van der Waals surface area contributed by atoms with Gasteiger partial charge in [0.25, 0.3) is 0 Å². The molecule has 54 heavy (non-hydrogen) atoms. The number of aryl methyl sites for hydroxylation is 4. The second-order valence-corrected chi connectivity index (χ2v) is 15.3. The third-order valence-corrected chi connectivity index (χ3v) is 11.4. The number of rotatable bonds is 2. The first-order chi connectivity index (χ1) is 26.0. The van der Waals surface area contributed by atoms with Gasteiger partial charge in [0.05, 0.1) is 0 Å². The summed E-state index contributed by atoms with van der Waals surface area (Å²) in [5, 5.41) is 0. The Hall–Kier alpha value is -4.98. The van der Waals surface area contributed by atoms with E-state index < -0.39 is 5.41 Å². The van der Waals surface area contributed by atoms with Gasteiger partial charge < -0.3 is 28.4 Å². The van der Waals surface area contributed by atoms with Crippen LogP contribution in [0, 0.1) is 33.1 Å². The molecule has 8 heteroatoms. The molecule has 12 bridgehead atoms. The molecule has 7 heterocycles. The van der Waals surface area contributed by atoms with E-state index in [2.05, 4.69) is 104 Å². The Kier molecular flexibility index (Phi) is 10.7. The molecule has 7 aliphatic rings. The van der Waals surface area contributed by atoms with Gasteiger partial charge in [0.1, 0.15) is 80.1 Å². The van der Waals surface area contributed by atoms with Crippen molar-refractivity contribution in [3.05, 3.63) is 117 Å². The molecule has 11 rings (SSSR count). The molecule has 2 atom stereocenters. The topological polar surface area (TPSA) is 80.1 Å². The van der Waals surface area contributed by atoms with Gasteiger partial charge in [0.2, 0.25) is 0 Å². The minimum absolute atomic E-state index is 0.106. The number of aliphatic imine (C=N–C) groups is 2. The molecule has 0 N–H and O–H groups in total. The quantitative estimate of drug-likeness (QED) is 0.204. The molecule has 0 saturated heterocycles. The van der Waals surface area contributed by atoms with E-state index in [1.807, 2.05) is 24.3 Å². The van der Waals surface area contributed by atoms with E-state index >= 15 is 0 Å². The van der Waals surface area contributed by atoms with E-state index in [0.29, 0.717) is 51.4 Å². The summed E-state index contributed by atoms with van der Waals surface area (Å²) in [5.74, 6) is 4.80. The number of hydrogen-bond donors (Lipinski definition) is 0. The van der Waals surface area contributed by atoms with Crippen molar-refractivity contribution in [1.29, 1.82) is 0 Å². The fourth-order valence-corrected chi connectivity index (χ4v) is 7.98. The lowest BCUT2D eigenvalue weighted by Gasteiger charge is -2.29. The second-order valence-electron chi connectivity index (χ2n) is 15.3. The molecule has 0 fully saturated rings. The van der Waals surface area contributed by atoms with Gasteiger partial charge in [-0.25, -0.2) is 9.98 Å². The van der Waals surface area contributed by atoms with Crippen LogP contribution < -0.4 is 18.9 Å². The molecule has 7 aliphatic heterocycles. The molecule has 0 aromatic heterocycles. The number of ether oxygens (including phenoxy) is 6. The van der Waals surface area contributed by atoms with Gasteiger partial charge in [0, 0.05) is 5.41 Å².